The van der Waals surface area contributed by atoms with Gasteiger partial charge in [-0.15, -0.1) is 0 Å². The van der Waals surface area contributed by atoms with Gasteiger partial charge in [-0.25, -0.2) is 0 Å². The molecule has 0 unspecified atom stereocenters. The molecule has 3 aromatic rings. The van der Waals surface area contributed by atoms with Crippen LogP contribution < -0.4 is 4.90 Å². The lowest BCUT2D eigenvalue weighted by atomic mass is 9.92. The first-order chi connectivity index (χ1) is 13.3. The number of rotatable bonds is 5. The first-order valence-electron chi connectivity index (χ1n) is 10.3. The van der Waals surface area contributed by atoms with E-state index in [-0.39, 0.29) is 0 Å². The summed E-state index contributed by atoms with van der Waals surface area (Å²) in [5.74, 6) is 0. The second kappa shape index (κ2) is 8.43. The van der Waals surface area contributed by atoms with Crippen LogP contribution in [0.3, 0.4) is 0 Å². The number of anilines is 1. The van der Waals surface area contributed by atoms with Gasteiger partial charge in [0.15, 0.2) is 0 Å². The molecule has 0 radical (unpaired) electrons. The van der Waals surface area contributed by atoms with E-state index in [4.69, 9.17) is 0 Å². The van der Waals surface area contributed by atoms with Gasteiger partial charge in [-0.05, 0) is 47.6 Å². The summed E-state index contributed by atoms with van der Waals surface area (Å²) in [6.45, 7) is 0. The maximum Gasteiger partial charge on any atom is 0.0408 e. The van der Waals surface area contributed by atoms with Crippen molar-refractivity contribution in [1.82, 2.24) is 0 Å². The molecule has 0 heterocycles. The Morgan fingerprint density at radius 1 is 0.741 bits per heavy atom. The molecule has 138 valence electrons. The Kier molecular flexibility index (Phi) is 5.58. The highest BCUT2D eigenvalue weighted by Gasteiger charge is 2.20. The zero-order chi connectivity index (χ0) is 18.5. The second-order valence-corrected chi connectivity index (χ2v) is 7.77. The van der Waals surface area contributed by atoms with Crippen molar-refractivity contribution in [2.75, 3.05) is 11.9 Å². The molecule has 0 spiro atoms. The summed E-state index contributed by atoms with van der Waals surface area (Å²) < 4.78 is 0. The van der Waals surface area contributed by atoms with Crippen molar-refractivity contribution in [3.63, 3.8) is 0 Å². The molecule has 1 nitrogen and oxygen atoms in total. The average Bonchev–Trinajstić information content (AvgIpc) is 2.75. The maximum absolute atomic E-state index is 2.56. The van der Waals surface area contributed by atoms with Gasteiger partial charge in [0.2, 0.25) is 0 Å². The highest BCUT2D eigenvalue weighted by molar-refractivity contribution is 5.71. The van der Waals surface area contributed by atoms with E-state index in [1.165, 1.54) is 60.0 Å². The van der Waals surface area contributed by atoms with Gasteiger partial charge < -0.3 is 4.90 Å². The minimum atomic E-state index is 0.666. The van der Waals surface area contributed by atoms with Crippen molar-refractivity contribution in [3.8, 4) is 11.1 Å². The van der Waals surface area contributed by atoms with Crippen molar-refractivity contribution in [1.29, 1.82) is 0 Å². The fourth-order valence-corrected chi connectivity index (χ4v) is 4.33. The Labute approximate surface area is 163 Å². The fraction of sp³-hybridized carbons (Fsp3) is 0.308. The largest absolute Gasteiger partial charge is 0.371 e. The van der Waals surface area contributed by atoms with E-state index in [9.17, 15) is 0 Å². The van der Waals surface area contributed by atoms with Gasteiger partial charge >= 0.3 is 0 Å². The summed E-state index contributed by atoms with van der Waals surface area (Å²) >= 11 is 0. The van der Waals surface area contributed by atoms with Crippen LogP contribution in [-0.4, -0.2) is 13.1 Å². The normalized spacial score (nSPS) is 14.9. The zero-order valence-electron chi connectivity index (χ0n) is 16.3. The van der Waals surface area contributed by atoms with Crippen LogP contribution in [0.1, 0.15) is 43.2 Å². The van der Waals surface area contributed by atoms with E-state index in [2.05, 4.69) is 90.8 Å². The lowest BCUT2D eigenvalue weighted by Crippen LogP contribution is -2.34. The van der Waals surface area contributed by atoms with Crippen LogP contribution in [0, 0.1) is 0 Å². The molecule has 0 saturated heterocycles. The predicted octanol–water partition coefficient (Wildman–Crippen LogP) is 6.71. The summed E-state index contributed by atoms with van der Waals surface area (Å²) in [5.41, 5.74) is 6.80. The topological polar surface area (TPSA) is 3.24 Å². The number of nitrogens with zero attached hydrogens (tertiary/aromatic N) is 1. The van der Waals surface area contributed by atoms with E-state index >= 15 is 0 Å². The van der Waals surface area contributed by atoms with Crippen LogP contribution in [0.5, 0.6) is 0 Å². The molecule has 27 heavy (non-hydrogen) atoms. The number of hydrogen-bond donors (Lipinski definition) is 0. The Morgan fingerprint density at radius 2 is 1.41 bits per heavy atom. The van der Waals surface area contributed by atoms with Gasteiger partial charge in [-0.2, -0.15) is 0 Å². The molecular weight excluding hydrogens is 326 g/mol. The maximum atomic E-state index is 2.56. The van der Waals surface area contributed by atoms with Crippen molar-refractivity contribution < 1.29 is 0 Å². The molecule has 0 aromatic heterocycles. The molecule has 0 amide bonds. The van der Waals surface area contributed by atoms with Crippen LogP contribution in [0.25, 0.3) is 11.1 Å². The third kappa shape index (κ3) is 4.24. The summed E-state index contributed by atoms with van der Waals surface area (Å²) in [5, 5.41) is 0. The molecule has 1 aliphatic carbocycles. The Balaban J connectivity index is 1.71. The zero-order valence-corrected chi connectivity index (χ0v) is 16.3. The molecule has 1 saturated carbocycles. The number of hydrogen-bond acceptors (Lipinski definition) is 1. The SMILES string of the molecule is CN(c1cc(-c2ccccc2)ccc1Cc1ccccc1)C1CCCCC1. The lowest BCUT2D eigenvalue weighted by Gasteiger charge is -2.34. The van der Waals surface area contributed by atoms with Crippen LogP contribution >= 0.6 is 0 Å². The minimum Gasteiger partial charge on any atom is -0.371 e. The lowest BCUT2D eigenvalue weighted by molar-refractivity contribution is 0.427. The summed E-state index contributed by atoms with van der Waals surface area (Å²) in [6, 6.07) is 29.3. The van der Waals surface area contributed by atoms with Crippen LogP contribution in [0.4, 0.5) is 5.69 Å². The smallest absolute Gasteiger partial charge is 0.0408 e. The van der Waals surface area contributed by atoms with Crippen LogP contribution in [0.15, 0.2) is 78.9 Å². The minimum absolute atomic E-state index is 0.666. The highest BCUT2D eigenvalue weighted by atomic mass is 15.1. The van der Waals surface area contributed by atoms with Crippen molar-refractivity contribution >= 4 is 5.69 Å². The van der Waals surface area contributed by atoms with Gasteiger partial charge in [-0.3, -0.25) is 0 Å². The molecule has 0 bridgehead atoms. The Bertz CT molecular complexity index is 848. The van der Waals surface area contributed by atoms with Gasteiger partial charge in [0.1, 0.15) is 0 Å². The second-order valence-electron chi connectivity index (χ2n) is 7.77. The highest BCUT2D eigenvalue weighted by Crippen LogP contribution is 2.33. The summed E-state index contributed by atoms with van der Waals surface area (Å²) in [6.07, 6.45) is 7.74. The van der Waals surface area contributed by atoms with Crippen LogP contribution in [-0.2, 0) is 6.42 Å². The molecule has 3 aromatic carbocycles. The van der Waals surface area contributed by atoms with E-state index < -0.39 is 0 Å². The van der Waals surface area contributed by atoms with E-state index in [1.54, 1.807) is 0 Å². The van der Waals surface area contributed by atoms with Crippen molar-refractivity contribution in [2.45, 2.75) is 44.6 Å². The quantitative estimate of drug-likeness (QED) is 0.491. The first-order valence-corrected chi connectivity index (χ1v) is 10.3. The third-order valence-corrected chi connectivity index (χ3v) is 5.93. The van der Waals surface area contributed by atoms with E-state index in [1.807, 2.05) is 0 Å². The third-order valence-electron chi connectivity index (χ3n) is 5.93. The molecule has 0 atom stereocenters. The molecule has 0 aliphatic heterocycles. The van der Waals surface area contributed by atoms with Crippen LogP contribution in [0.2, 0.25) is 0 Å². The number of benzene rings is 3. The van der Waals surface area contributed by atoms with Crippen molar-refractivity contribution in [2.24, 2.45) is 0 Å². The summed E-state index contributed by atoms with van der Waals surface area (Å²) in [7, 11) is 2.30. The molecule has 0 N–H and O–H groups in total. The first kappa shape index (κ1) is 17.9. The fourth-order valence-electron chi connectivity index (χ4n) is 4.33. The van der Waals surface area contributed by atoms with Gasteiger partial charge in [0, 0.05) is 18.8 Å². The van der Waals surface area contributed by atoms with Crippen molar-refractivity contribution in [3.05, 3.63) is 90.0 Å². The molecule has 4 rings (SSSR count). The summed E-state index contributed by atoms with van der Waals surface area (Å²) in [4.78, 5) is 2.56. The Morgan fingerprint density at radius 3 is 2.11 bits per heavy atom. The van der Waals surface area contributed by atoms with Gasteiger partial charge in [0.05, 0.1) is 0 Å². The average molecular weight is 356 g/mol. The van der Waals surface area contributed by atoms with E-state index in [0.717, 1.165) is 6.42 Å². The van der Waals surface area contributed by atoms with Gasteiger partial charge in [-0.1, -0.05) is 92.1 Å². The molecule has 1 heteroatoms. The predicted molar refractivity (Wildman–Crippen MR) is 116 cm³/mol. The molecule has 1 aliphatic rings. The molecule has 1 fully saturated rings. The Hall–Kier alpha value is -2.54. The monoisotopic (exact) mass is 355 g/mol. The molecular formula is C26H29N. The van der Waals surface area contributed by atoms with Gasteiger partial charge in [0.25, 0.3) is 0 Å². The standard InChI is InChI=1S/C26H29N/c1-27(25-15-9-4-10-16-25)26-20-23(22-13-7-3-8-14-22)17-18-24(26)19-21-11-5-2-6-12-21/h2-3,5-8,11-14,17-18,20,25H,4,9-10,15-16,19H2,1H3. The van der Waals surface area contributed by atoms with E-state index in [0.29, 0.717) is 6.04 Å².